The molecule has 2 rings (SSSR count). The highest BCUT2D eigenvalue weighted by atomic mass is 35.5. The number of hydrogen-bond donors (Lipinski definition) is 1. The van der Waals surface area contributed by atoms with Crippen molar-refractivity contribution in [1.29, 1.82) is 0 Å². The third kappa shape index (κ3) is 3.61. The predicted molar refractivity (Wildman–Crippen MR) is 76.8 cm³/mol. The van der Waals surface area contributed by atoms with Crippen molar-refractivity contribution in [2.45, 2.75) is 64.5 Å². The average molecular weight is 275 g/mol. The lowest BCUT2D eigenvalue weighted by molar-refractivity contribution is -0.133. The Bertz CT molecular complexity index is 285. The van der Waals surface area contributed by atoms with Crippen LogP contribution in [0.1, 0.15) is 52.4 Å². The van der Waals surface area contributed by atoms with Gasteiger partial charge in [-0.2, -0.15) is 0 Å². The molecule has 0 bridgehead atoms. The Kier molecular flexibility index (Phi) is 5.93. The average Bonchev–Trinajstić information content (AvgIpc) is 2.61. The zero-order chi connectivity index (χ0) is 12.4. The second kappa shape index (κ2) is 6.76. The summed E-state index contributed by atoms with van der Waals surface area (Å²) in [6.07, 6.45) is 6.57. The molecule has 0 aromatic heterocycles. The summed E-state index contributed by atoms with van der Waals surface area (Å²) in [4.78, 5) is 14.4. The molecule has 0 spiro atoms. The maximum Gasteiger partial charge on any atom is 0.223 e. The van der Waals surface area contributed by atoms with E-state index in [2.05, 4.69) is 18.7 Å². The van der Waals surface area contributed by atoms with Gasteiger partial charge in [-0.25, -0.2) is 0 Å². The topological polar surface area (TPSA) is 46.3 Å². The zero-order valence-corrected chi connectivity index (χ0v) is 12.4. The Morgan fingerprint density at radius 1 is 1.28 bits per heavy atom. The lowest BCUT2D eigenvalue weighted by Crippen LogP contribution is -2.40. The maximum atomic E-state index is 12.3. The van der Waals surface area contributed by atoms with E-state index in [-0.39, 0.29) is 18.4 Å². The van der Waals surface area contributed by atoms with Crippen LogP contribution in [0.3, 0.4) is 0 Å². The van der Waals surface area contributed by atoms with Crippen molar-refractivity contribution in [3.63, 3.8) is 0 Å². The van der Waals surface area contributed by atoms with Crippen LogP contribution < -0.4 is 5.73 Å². The first-order chi connectivity index (χ1) is 8.08. The maximum absolute atomic E-state index is 12.3. The van der Waals surface area contributed by atoms with E-state index < -0.39 is 0 Å². The second-order valence-electron chi connectivity index (χ2n) is 6.15. The predicted octanol–water partition coefficient (Wildman–Crippen LogP) is 2.57. The minimum absolute atomic E-state index is 0. The van der Waals surface area contributed by atoms with Crippen molar-refractivity contribution in [2.75, 3.05) is 6.54 Å². The van der Waals surface area contributed by atoms with Gasteiger partial charge in [0.25, 0.3) is 0 Å². The van der Waals surface area contributed by atoms with Gasteiger partial charge in [-0.3, -0.25) is 4.79 Å². The Morgan fingerprint density at radius 3 is 2.50 bits per heavy atom. The van der Waals surface area contributed by atoms with Crippen LogP contribution in [0.15, 0.2) is 0 Å². The summed E-state index contributed by atoms with van der Waals surface area (Å²) >= 11 is 0. The number of hydrogen-bond acceptors (Lipinski definition) is 2. The molecular weight excluding hydrogens is 248 g/mol. The molecule has 3 nitrogen and oxygen atoms in total. The minimum atomic E-state index is 0. The first-order valence-electron chi connectivity index (χ1n) is 7.13. The van der Waals surface area contributed by atoms with Gasteiger partial charge in [-0.1, -0.05) is 19.8 Å². The molecule has 2 aliphatic rings. The largest absolute Gasteiger partial charge is 0.340 e. The highest BCUT2D eigenvalue weighted by Crippen LogP contribution is 2.29. The molecule has 4 unspecified atom stereocenters. The molecule has 0 radical (unpaired) electrons. The lowest BCUT2D eigenvalue weighted by Gasteiger charge is -2.30. The molecule has 2 N–H and O–H groups in total. The summed E-state index contributed by atoms with van der Waals surface area (Å²) in [6.45, 7) is 5.35. The highest BCUT2D eigenvalue weighted by molar-refractivity contribution is 5.85. The molecule has 1 aliphatic carbocycles. The third-order valence-corrected chi connectivity index (χ3v) is 4.51. The Balaban J connectivity index is 0.00000162. The normalized spacial score (nSPS) is 36.3. The number of carbonyl (C=O) groups is 1. The van der Waals surface area contributed by atoms with Crippen LogP contribution in [0, 0.1) is 11.8 Å². The molecule has 0 aromatic rings. The van der Waals surface area contributed by atoms with Crippen LogP contribution in [0.25, 0.3) is 0 Å². The van der Waals surface area contributed by atoms with Gasteiger partial charge in [0.2, 0.25) is 5.91 Å². The molecule has 1 amide bonds. The molecule has 4 atom stereocenters. The number of likely N-dealkylation sites (tertiary alicyclic amines) is 1. The monoisotopic (exact) mass is 274 g/mol. The van der Waals surface area contributed by atoms with Crippen LogP contribution in [-0.4, -0.2) is 29.4 Å². The first kappa shape index (κ1) is 15.8. The van der Waals surface area contributed by atoms with Crippen molar-refractivity contribution in [2.24, 2.45) is 17.6 Å². The standard InChI is InChI=1S/C14H26N2O.ClH/c1-10-7-11(2)16(9-10)14(17)8-12-5-3-4-6-13(12)15;/h10-13H,3-9,15H2,1-2H3;1H. The fourth-order valence-electron chi connectivity index (χ4n) is 3.48. The summed E-state index contributed by atoms with van der Waals surface area (Å²) in [7, 11) is 0. The van der Waals surface area contributed by atoms with Gasteiger partial charge in [0.1, 0.15) is 0 Å². The molecule has 18 heavy (non-hydrogen) atoms. The first-order valence-corrected chi connectivity index (χ1v) is 7.13. The van der Waals surface area contributed by atoms with Gasteiger partial charge in [0.05, 0.1) is 0 Å². The number of halogens is 1. The molecule has 1 aliphatic heterocycles. The number of amides is 1. The van der Waals surface area contributed by atoms with Crippen LogP contribution in [0.5, 0.6) is 0 Å². The van der Waals surface area contributed by atoms with Gasteiger partial charge in [-0.05, 0) is 38.0 Å². The molecule has 1 saturated heterocycles. The van der Waals surface area contributed by atoms with Crippen molar-refractivity contribution >= 4 is 18.3 Å². The molecule has 1 saturated carbocycles. The SMILES string of the molecule is CC1CC(C)N(C(=O)CC2CCCCC2N)C1.Cl. The fourth-order valence-corrected chi connectivity index (χ4v) is 3.48. The van der Waals surface area contributed by atoms with Gasteiger partial charge in [0.15, 0.2) is 0 Å². The number of nitrogens with zero attached hydrogens (tertiary/aromatic N) is 1. The van der Waals surface area contributed by atoms with E-state index in [9.17, 15) is 4.79 Å². The van der Waals surface area contributed by atoms with Crippen molar-refractivity contribution in [1.82, 2.24) is 4.90 Å². The number of carbonyl (C=O) groups excluding carboxylic acids is 1. The summed E-state index contributed by atoms with van der Waals surface area (Å²) < 4.78 is 0. The quantitative estimate of drug-likeness (QED) is 0.841. The highest BCUT2D eigenvalue weighted by Gasteiger charge is 2.32. The van der Waals surface area contributed by atoms with Crippen molar-refractivity contribution in [3.05, 3.63) is 0 Å². The summed E-state index contributed by atoms with van der Waals surface area (Å²) in [6, 6.07) is 0.681. The molecule has 2 fully saturated rings. The van der Waals surface area contributed by atoms with Crippen LogP contribution in [0.4, 0.5) is 0 Å². The van der Waals surface area contributed by atoms with E-state index in [0.29, 0.717) is 30.2 Å². The van der Waals surface area contributed by atoms with Crippen LogP contribution in [-0.2, 0) is 4.79 Å². The van der Waals surface area contributed by atoms with E-state index in [1.165, 1.54) is 12.8 Å². The number of nitrogens with two attached hydrogens (primary N) is 1. The van der Waals surface area contributed by atoms with Gasteiger partial charge < -0.3 is 10.6 Å². The van der Waals surface area contributed by atoms with E-state index in [1.807, 2.05) is 0 Å². The molecule has 106 valence electrons. The minimum Gasteiger partial charge on any atom is -0.340 e. The van der Waals surface area contributed by atoms with Gasteiger partial charge in [0, 0.05) is 25.0 Å². The van der Waals surface area contributed by atoms with E-state index >= 15 is 0 Å². The molecule has 1 heterocycles. The second-order valence-corrected chi connectivity index (χ2v) is 6.15. The summed E-state index contributed by atoms with van der Waals surface area (Å²) in [5.74, 6) is 1.43. The van der Waals surface area contributed by atoms with Gasteiger partial charge >= 0.3 is 0 Å². The number of rotatable bonds is 2. The third-order valence-electron chi connectivity index (χ3n) is 4.51. The smallest absolute Gasteiger partial charge is 0.223 e. The van der Waals surface area contributed by atoms with Crippen molar-refractivity contribution < 1.29 is 4.79 Å². The summed E-state index contributed by atoms with van der Waals surface area (Å²) in [5, 5.41) is 0. The lowest BCUT2D eigenvalue weighted by atomic mass is 9.82. The summed E-state index contributed by atoms with van der Waals surface area (Å²) in [5.41, 5.74) is 6.12. The Hall–Kier alpha value is -0.280. The van der Waals surface area contributed by atoms with Gasteiger partial charge in [-0.15, -0.1) is 12.4 Å². The molecular formula is C14H27ClN2O. The van der Waals surface area contributed by atoms with E-state index in [1.54, 1.807) is 0 Å². The van der Waals surface area contributed by atoms with E-state index in [0.717, 1.165) is 25.8 Å². The van der Waals surface area contributed by atoms with Crippen molar-refractivity contribution in [3.8, 4) is 0 Å². The Morgan fingerprint density at radius 2 is 1.94 bits per heavy atom. The zero-order valence-electron chi connectivity index (χ0n) is 11.6. The Labute approximate surface area is 117 Å². The fraction of sp³-hybridized carbons (Fsp3) is 0.929. The van der Waals surface area contributed by atoms with Crippen LogP contribution in [0.2, 0.25) is 0 Å². The van der Waals surface area contributed by atoms with Crippen LogP contribution >= 0.6 is 12.4 Å². The molecule has 4 heteroatoms. The van der Waals surface area contributed by atoms with E-state index in [4.69, 9.17) is 5.73 Å². The molecule has 0 aromatic carbocycles.